The van der Waals surface area contributed by atoms with E-state index in [2.05, 4.69) is 10.3 Å². The smallest absolute Gasteiger partial charge is 0.232 e. The average Bonchev–Trinajstić information content (AvgIpc) is 2.95. The van der Waals surface area contributed by atoms with Gasteiger partial charge in [0.25, 0.3) is 0 Å². The van der Waals surface area contributed by atoms with Crippen molar-refractivity contribution in [2.75, 3.05) is 38.9 Å². The molecular formula is C17H24N2O5S. The lowest BCUT2D eigenvalue weighted by molar-refractivity contribution is -0.118. The minimum atomic E-state index is -1.31. The number of nitrogens with one attached hydrogen (secondary N) is 1. The van der Waals surface area contributed by atoms with Gasteiger partial charge in [0.1, 0.15) is 23.6 Å². The first kappa shape index (κ1) is 19.4. The van der Waals surface area contributed by atoms with Gasteiger partial charge in [-0.15, -0.1) is 0 Å². The fraction of sp³-hybridized carbons (Fsp3) is 0.529. The lowest BCUT2D eigenvalue weighted by atomic mass is 10.2. The Morgan fingerprint density at radius 1 is 1.40 bits per heavy atom. The minimum Gasteiger partial charge on any atom is -0.497 e. The Morgan fingerprint density at radius 2 is 2.20 bits per heavy atom. The third-order valence-corrected chi connectivity index (χ3v) is 5.01. The number of amides is 1. The summed E-state index contributed by atoms with van der Waals surface area (Å²) < 4.78 is 28.1. The first-order valence-electron chi connectivity index (χ1n) is 8.03. The Kier molecular flexibility index (Phi) is 7.39. The molecule has 138 valence electrons. The van der Waals surface area contributed by atoms with Crippen LogP contribution in [0.1, 0.15) is 12.5 Å². The molecule has 0 aromatic heterocycles. The molecule has 7 nitrogen and oxygen atoms in total. The van der Waals surface area contributed by atoms with Crippen molar-refractivity contribution >= 4 is 22.6 Å². The van der Waals surface area contributed by atoms with Crippen molar-refractivity contribution in [3.63, 3.8) is 0 Å². The van der Waals surface area contributed by atoms with Gasteiger partial charge >= 0.3 is 0 Å². The summed E-state index contributed by atoms with van der Waals surface area (Å²) in [6.45, 7) is 2.73. The van der Waals surface area contributed by atoms with E-state index in [0.717, 1.165) is 11.3 Å². The topological polar surface area (TPSA) is 86.2 Å². The number of benzene rings is 1. The highest BCUT2D eigenvalue weighted by Gasteiger charge is 2.30. The van der Waals surface area contributed by atoms with Gasteiger partial charge in [0.2, 0.25) is 11.8 Å². The molecule has 8 heteroatoms. The molecule has 1 aromatic rings. The summed E-state index contributed by atoms with van der Waals surface area (Å²) in [7, 11) is 1.85. The summed E-state index contributed by atoms with van der Waals surface area (Å²) in [5.74, 6) is 1.22. The SMILES string of the molecule is COCCNC(=O)CS(=O)CC1N=C(c2cccc(OC)c2)OC1C. The number of rotatable bonds is 9. The van der Waals surface area contributed by atoms with Crippen LogP contribution in [0.5, 0.6) is 5.75 Å². The molecule has 0 radical (unpaired) electrons. The van der Waals surface area contributed by atoms with Crippen LogP contribution in [-0.2, 0) is 25.1 Å². The van der Waals surface area contributed by atoms with E-state index in [-0.39, 0.29) is 29.6 Å². The second-order valence-electron chi connectivity index (χ2n) is 5.65. The van der Waals surface area contributed by atoms with E-state index < -0.39 is 10.8 Å². The van der Waals surface area contributed by atoms with Crippen LogP contribution in [0.4, 0.5) is 0 Å². The quantitative estimate of drug-likeness (QED) is 0.650. The van der Waals surface area contributed by atoms with Gasteiger partial charge in [-0.05, 0) is 25.1 Å². The van der Waals surface area contributed by atoms with Crippen molar-refractivity contribution in [3.05, 3.63) is 29.8 Å². The van der Waals surface area contributed by atoms with E-state index in [9.17, 15) is 9.00 Å². The van der Waals surface area contributed by atoms with Crippen molar-refractivity contribution in [1.82, 2.24) is 5.32 Å². The number of ether oxygens (including phenoxy) is 3. The first-order chi connectivity index (χ1) is 12.0. The van der Waals surface area contributed by atoms with E-state index in [1.54, 1.807) is 14.2 Å². The standard InChI is InChI=1S/C17H24N2O5S/c1-12-15(10-25(21)11-16(20)18-7-8-22-2)19-17(24-12)13-5-4-6-14(9-13)23-3/h4-6,9,12,15H,7-8,10-11H2,1-3H3,(H,18,20). The molecule has 0 spiro atoms. The largest absolute Gasteiger partial charge is 0.497 e. The van der Waals surface area contributed by atoms with Crippen LogP contribution in [0.15, 0.2) is 29.3 Å². The molecule has 0 bridgehead atoms. The monoisotopic (exact) mass is 368 g/mol. The molecule has 3 atom stereocenters. The molecular weight excluding hydrogens is 344 g/mol. The fourth-order valence-electron chi connectivity index (χ4n) is 2.35. The van der Waals surface area contributed by atoms with Gasteiger partial charge in [-0.25, -0.2) is 4.99 Å². The van der Waals surface area contributed by atoms with Crippen LogP contribution in [0.25, 0.3) is 0 Å². The van der Waals surface area contributed by atoms with Crippen molar-refractivity contribution in [2.24, 2.45) is 4.99 Å². The maximum absolute atomic E-state index is 12.2. The zero-order valence-electron chi connectivity index (χ0n) is 14.7. The van der Waals surface area contributed by atoms with Crippen LogP contribution >= 0.6 is 0 Å². The summed E-state index contributed by atoms with van der Waals surface area (Å²) >= 11 is 0. The zero-order valence-corrected chi connectivity index (χ0v) is 15.5. The van der Waals surface area contributed by atoms with Crippen molar-refractivity contribution in [1.29, 1.82) is 0 Å². The second kappa shape index (κ2) is 9.53. The Bertz CT molecular complexity index is 650. The van der Waals surface area contributed by atoms with Gasteiger partial charge in [-0.3, -0.25) is 9.00 Å². The molecule has 1 aliphatic heterocycles. The predicted octanol–water partition coefficient (Wildman–Crippen LogP) is 0.740. The molecule has 1 N–H and O–H groups in total. The Hall–Kier alpha value is -1.93. The van der Waals surface area contributed by atoms with Gasteiger partial charge < -0.3 is 19.5 Å². The summed E-state index contributed by atoms with van der Waals surface area (Å²) in [4.78, 5) is 16.2. The van der Waals surface area contributed by atoms with Gasteiger partial charge in [0.15, 0.2) is 0 Å². The summed E-state index contributed by atoms with van der Waals surface area (Å²) in [5, 5.41) is 2.66. The van der Waals surface area contributed by atoms with Crippen molar-refractivity contribution in [2.45, 2.75) is 19.1 Å². The van der Waals surface area contributed by atoms with E-state index in [1.807, 2.05) is 31.2 Å². The molecule has 0 saturated heterocycles. The normalized spacial score (nSPS) is 20.5. The summed E-state index contributed by atoms with van der Waals surface area (Å²) in [6.07, 6.45) is -0.193. The Balaban J connectivity index is 1.92. The van der Waals surface area contributed by atoms with E-state index in [1.165, 1.54) is 0 Å². The first-order valence-corrected chi connectivity index (χ1v) is 9.51. The number of hydrogen-bond donors (Lipinski definition) is 1. The Labute approximate surface area is 150 Å². The number of carbonyl (C=O) groups is 1. The lowest BCUT2D eigenvalue weighted by Gasteiger charge is -2.12. The highest BCUT2D eigenvalue weighted by atomic mass is 32.2. The maximum Gasteiger partial charge on any atom is 0.232 e. The van der Waals surface area contributed by atoms with Gasteiger partial charge in [-0.1, -0.05) is 6.07 Å². The zero-order chi connectivity index (χ0) is 18.2. The van der Waals surface area contributed by atoms with Gasteiger partial charge in [-0.2, -0.15) is 0 Å². The number of carbonyl (C=O) groups excluding carboxylic acids is 1. The molecule has 0 saturated carbocycles. The summed E-state index contributed by atoms with van der Waals surface area (Å²) in [6, 6.07) is 7.19. The number of nitrogens with zero attached hydrogens (tertiary/aromatic N) is 1. The van der Waals surface area contributed by atoms with E-state index in [4.69, 9.17) is 14.2 Å². The van der Waals surface area contributed by atoms with Crippen molar-refractivity contribution < 1.29 is 23.2 Å². The Morgan fingerprint density at radius 3 is 2.92 bits per heavy atom. The van der Waals surface area contributed by atoms with E-state index in [0.29, 0.717) is 19.0 Å². The molecule has 1 aromatic carbocycles. The molecule has 0 aliphatic carbocycles. The number of methoxy groups -OCH3 is 2. The minimum absolute atomic E-state index is 0.0447. The molecule has 1 heterocycles. The molecule has 0 fully saturated rings. The molecule has 1 aliphatic rings. The van der Waals surface area contributed by atoms with Gasteiger partial charge in [0.05, 0.1) is 19.5 Å². The third-order valence-electron chi connectivity index (χ3n) is 3.72. The molecule has 2 rings (SSSR count). The van der Waals surface area contributed by atoms with Crippen LogP contribution in [0.2, 0.25) is 0 Å². The molecule has 3 unspecified atom stereocenters. The van der Waals surface area contributed by atoms with Crippen LogP contribution in [-0.4, -0.2) is 67.0 Å². The third kappa shape index (κ3) is 5.82. The maximum atomic E-state index is 12.2. The highest BCUT2D eigenvalue weighted by Crippen LogP contribution is 2.21. The van der Waals surface area contributed by atoms with Crippen LogP contribution < -0.4 is 10.1 Å². The predicted molar refractivity (Wildman–Crippen MR) is 96.6 cm³/mol. The molecule has 25 heavy (non-hydrogen) atoms. The van der Waals surface area contributed by atoms with Crippen LogP contribution in [0, 0.1) is 0 Å². The highest BCUT2D eigenvalue weighted by molar-refractivity contribution is 7.85. The number of aliphatic imine (C=N–C) groups is 1. The van der Waals surface area contributed by atoms with Crippen LogP contribution in [0.3, 0.4) is 0 Å². The number of hydrogen-bond acceptors (Lipinski definition) is 6. The average molecular weight is 368 g/mol. The molecule has 1 amide bonds. The fourth-order valence-corrected chi connectivity index (χ4v) is 3.59. The lowest BCUT2D eigenvalue weighted by Crippen LogP contribution is -2.34. The van der Waals surface area contributed by atoms with E-state index >= 15 is 0 Å². The van der Waals surface area contributed by atoms with Gasteiger partial charge in [0, 0.05) is 30.0 Å². The second-order valence-corrected chi connectivity index (χ2v) is 7.15. The summed E-state index contributed by atoms with van der Waals surface area (Å²) in [5.41, 5.74) is 0.816. The van der Waals surface area contributed by atoms with Crippen molar-refractivity contribution in [3.8, 4) is 5.75 Å².